The molecule has 5 nitrogen and oxygen atoms in total. The van der Waals surface area contributed by atoms with E-state index in [9.17, 15) is 9.59 Å². The first-order chi connectivity index (χ1) is 7.02. The van der Waals surface area contributed by atoms with E-state index in [0.29, 0.717) is 12.8 Å². The third kappa shape index (κ3) is 10.8. The highest BCUT2D eigenvalue weighted by atomic mass is 16.4. The van der Waals surface area contributed by atoms with Crippen LogP contribution in [-0.4, -0.2) is 28.2 Å². The fourth-order valence-corrected chi connectivity index (χ4v) is 1.31. The molecule has 0 saturated carbocycles. The van der Waals surface area contributed by atoms with Gasteiger partial charge in [0.05, 0.1) is 0 Å². The molecule has 0 heterocycles. The molecule has 0 aromatic heterocycles. The molecular formula is C10H19NO4. The quantitative estimate of drug-likeness (QED) is 0.504. The van der Waals surface area contributed by atoms with E-state index >= 15 is 0 Å². The van der Waals surface area contributed by atoms with Gasteiger partial charge in [0.15, 0.2) is 0 Å². The molecule has 0 spiro atoms. The summed E-state index contributed by atoms with van der Waals surface area (Å²) in [5, 5.41) is 16.8. The van der Waals surface area contributed by atoms with Gasteiger partial charge in [0.25, 0.3) is 0 Å². The zero-order valence-electron chi connectivity index (χ0n) is 8.82. The van der Waals surface area contributed by atoms with Crippen molar-refractivity contribution >= 4 is 11.9 Å². The van der Waals surface area contributed by atoms with Crippen molar-refractivity contribution in [2.75, 3.05) is 0 Å². The number of aliphatic carboxylic acids is 2. The largest absolute Gasteiger partial charge is 0.481 e. The van der Waals surface area contributed by atoms with Crippen LogP contribution in [0, 0.1) is 0 Å². The lowest BCUT2D eigenvalue weighted by Gasteiger charge is -2.09. The van der Waals surface area contributed by atoms with Gasteiger partial charge in [-0.25, -0.2) is 0 Å². The maximum Gasteiger partial charge on any atom is 0.303 e. The molecule has 0 aliphatic carbocycles. The van der Waals surface area contributed by atoms with E-state index in [1.54, 1.807) is 0 Å². The number of carbonyl (C=O) groups is 2. The van der Waals surface area contributed by atoms with Crippen molar-refractivity contribution in [1.29, 1.82) is 0 Å². The van der Waals surface area contributed by atoms with Gasteiger partial charge in [0.2, 0.25) is 0 Å². The molecule has 5 heteroatoms. The molecule has 0 unspecified atom stereocenters. The molecule has 0 aliphatic heterocycles. The first-order valence-electron chi connectivity index (χ1n) is 5.21. The second-order valence-corrected chi connectivity index (χ2v) is 3.69. The van der Waals surface area contributed by atoms with E-state index in [-0.39, 0.29) is 18.9 Å². The lowest BCUT2D eigenvalue weighted by molar-refractivity contribution is -0.138. The Balaban J connectivity index is 3.27. The monoisotopic (exact) mass is 217 g/mol. The van der Waals surface area contributed by atoms with Gasteiger partial charge in [-0.15, -0.1) is 0 Å². The highest BCUT2D eigenvalue weighted by Gasteiger charge is 2.05. The zero-order valence-corrected chi connectivity index (χ0v) is 8.82. The third-order valence-corrected chi connectivity index (χ3v) is 2.19. The topological polar surface area (TPSA) is 101 Å². The van der Waals surface area contributed by atoms with Crippen LogP contribution in [0.25, 0.3) is 0 Å². The Hall–Kier alpha value is -1.10. The van der Waals surface area contributed by atoms with Gasteiger partial charge in [-0.05, 0) is 19.3 Å². The van der Waals surface area contributed by atoms with Gasteiger partial charge in [0.1, 0.15) is 0 Å². The van der Waals surface area contributed by atoms with Gasteiger partial charge in [0, 0.05) is 18.9 Å². The summed E-state index contributed by atoms with van der Waals surface area (Å²) in [7, 11) is 0. The molecule has 0 aliphatic rings. The average molecular weight is 217 g/mol. The zero-order chi connectivity index (χ0) is 11.7. The molecule has 1 atom stereocenters. The fraction of sp³-hybridized carbons (Fsp3) is 0.800. The van der Waals surface area contributed by atoms with Crippen molar-refractivity contribution in [2.24, 2.45) is 5.73 Å². The number of nitrogens with two attached hydrogens (primary N) is 1. The second kappa shape index (κ2) is 8.23. The van der Waals surface area contributed by atoms with Crippen LogP contribution in [0.15, 0.2) is 0 Å². The van der Waals surface area contributed by atoms with E-state index in [4.69, 9.17) is 15.9 Å². The number of carboxylic acids is 2. The van der Waals surface area contributed by atoms with Crippen LogP contribution in [0.5, 0.6) is 0 Å². The van der Waals surface area contributed by atoms with Gasteiger partial charge < -0.3 is 15.9 Å². The molecule has 0 rings (SSSR count). The molecule has 0 aromatic rings. The summed E-state index contributed by atoms with van der Waals surface area (Å²) in [5.41, 5.74) is 5.68. The van der Waals surface area contributed by atoms with Crippen molar-refractivity contribution < 1.29 is 19.8 Å². The summed E-state index contributed by atoms with van der Waals surface area (Å²) >= 11 is 0. The Labute approximate surface area is 89.3 Å². The fourth-order valence-electron chi connectivity index (χ4n) is 1.31. The summed E-state index contributed by atoms with van der Waals surface area (Å²) in [6.07, 6.45) is 3.95. The van der Waals surface area contributed by atoms with Crippen LogP contribution in [-0.2, 0) is 9.59 Å². The van der Waals surface area contributed by atoms with Crippen LogP contribution in [0.1, 0.15) is 44.9 Å². The summed E-state index contributed by atoms with van der Waals surface area (Å²) in [6.45, 7) is 0. The van der Waals surface area contributed by atoms with E-state index in [1.807, 2.05) is 0 Å². The average Bonchev–Trinajstić information content (AvgIpc) is 2.13. The van der Waals surface area contributed by atoms with E-state index in [2.05, 4.69) is 0 Å². The lowest BCUT2D eigenvalue weighted by Crippen LogP contribution is -2.20. The Morgan fingerprint density at radius 3 is 2.07 bits per heavy atom. The van der Waals surface area contributed by atoms with Crippen LogP contribution >= 0.6 is 0 Å². The minimum absolute atomic E-state index is 0.0778. The van der Waals surface area contributed by atoms with E-state index in [0.717, 1.165) is 19.3 Å². The summed E-state index contributed by atoms with van der Waals surface area (Å²) < 4.78 is 0. The van der Waals surface area contributed by atoms with Gasteiger partial charge in [-0.1, -0.05) is 12.8 Å². The van der Waals surface area contributed by atoms with Crippen LogP contribution in [0.2, 0.25) is 0 Å². The normalized spacial score (nSPS) is 12.3. The molecule has 4 N–H and O–H groups in total. The Bertz CT molecular complexity index is 206. The highest BCUT2D eigenvalue weighted by molar-refractivity contribution is 5.66. The first-order valence-corrected chi connectivity index (χ1v) is 5.21. The van der Waals surface area contributed by atoms with Crippen molar-refractivity contribution in [1.82, 2.24) is 0 Å². The van der Waals surface area contributed by atoms with Gasteiger partial charge >= 0.3 is 11.9 Å². The standard InChI is InChI=1S/C10H19NO4/c11-8(6-7-10(14)15)4-2-1-3-5-9(12)13/h8H,1-7,11H2,(H,12,13)(H,14,15)/t8-/m1/s1. The molecule has 0 saturated heterocycles. The number of hydrogen-bond donors (Lipinski definition) is 3. The number of unbranched alkanes of at least 4 members (excludes halogenated alkanes) is 2. The summed E-state index contributed by atoms with van der Waals surface area (Å²) in [4.78, 5) is 20.4. The van der Waals surface area contributed by atoms with Crippen molar-refractivity contribution in [3.8, 4) is 0 Å². The molecular weight excluding hydrogens is 198 g/mol. The molecule has 0 aromatic carbocycles. The number of carboxylic acid groups (broad SMARTS) is 2. The number of hydrogen-bond acceptors (Lipinski definition) is 3. The van der Waals surface area contributed by atoms with Crippen molar-refractivity contribution in [3.63, 3.8) is 0 Å². The first kappa shape index (κ1) is 13.9. The van der Waals surface area contributed by atoms with Gasteiger partial charge in [-0.3, -0.25) is 9.59 Å². The van der Waals surface area contributed by atoms with Crippen LogP contribution < -0.4 is 5.73 Å². The minimum Gasteiger partial charge on any atom is -0.481 e. The van der Waals surface area contributed by atoms with E-state index in [1.165, 1.54) is 0 Å². The summed E-state index contributed by atoms with van der Waals surface area (Å²) in [5.74, 6) is -1.60. The van der Waals surface area contributed by atoms with Crippen LogP contribution in [0.4, 0.5) is 0 Å². The Morgan fingerprint density at radius 2 is 1.53 bits per heavy atom. The molecule has 0 fully saturated rings. The lowest BCUT2D eigenvalue weighted by atomic mass is 10.0. The predicted octanol–water partition coefficient (Wildman–Crippen LogP) is 1.21. The van der Waals surface area contributed by atoms with Crippen molar-refractivity contribution in [3.05, 3.63) is 0 Å². The Kier molecular flexibility index (Phi) is 7.62. The van der Waals surface area contributed by atoms with E-state index < -0.39 is 11.9 Å². The SMILES string of the molecule is N[C@H](CCCCCC(=O)O)CCC(=O)O. The number of rotatable bonds is 9. The molecule has 0 bridgehead atoms. The maximum atomic E-state index is 10.2. The molecule has 0 amide bonds. The summed E-state index contributed by atoms with van der Waals surface area (Å²) in [6, 6.07) is -0.0778. The smallest absolute Gasteiger partial charge is 0.303 e. The van der Waals surface area contributed by atoms with Crippen molar-refractivity contribution in [2.45, 2.75) is 51.0 Å². The highest BCUT2D eigenvalue weighted by Crippen LogP contribution is 2.08. The maximum absolute atomic E-state index is 10.2. The third-order valence-electron chi connectivity index (χ3n) is 2.19. The predicted molar refractivity (Wildman–Crippen MR) is 55.6 cm³/mol. The molecule has 15 heavy (non-hydrogen) atoms. The molecule has 88 valence electrons. The Morgan fingerprint density at radius 1 is 0.933 bits per heavy atom. The van der Waals surface area contributed by atoms with Gasteiger partial charge in [-0.2, -0.15) is 0 Å². The van der Waals surface area contributed by atoms with Crippen LogP contribution in [0.3, 0.4) is 0 Å². The minimum atomic E-state index is -0.823. The second-order valence-electron chi connectivity index (χ2n) is 3.69. The molecule has 0 radical (unpaired) electrons.